The Morgan fingerprint density at radius 2 is 1.88 bits per heavy atom. The molecule has 0 spiro atoms. The summed E-state index contributed by atoms with van der Waals surface area (Å²) < 4.78 is 14.2. The first-order chi connectivity index (χ1) is 15.9. The van der Waals surface area contributed by atoms with E-state index in [9.17, 15) is 14.0 Å². The van der Waals surface area contributed by atoms with Crippen LogP contribution in [0.3, 0.4) is 0 Å². The molecule has 3 rings (SSSR count). The third-order valence-corrected chi connectivity index (χ3v) is 6.48. The molecule has 0 aliphatic heterocycles. The van der Waals surface area contributed by atoms with Crippen LogP contribution in [0.25, 0.3) is 0 Å². The van der Waals surface area contributed by atoms with Gasteiger partial charge in [0, 0.05) is 28.1 Å². The number of nitrogens with zero attached hydrogens (tertiary/aromatic N) is 2. The Morgan fingerprint density at radius 3 is 2.52 bits per heavy atom. The van der Waals surface area contributed by atoms with Gasteiger partial charge in [0.05, 0.1) is 6.54 Å². The zero-order chi connectivity index (χ0) is 23.8. The molecule has 5 nitrogen and oxygen atoms in total. The van der Waals surface area contributed by atoms with Crippen molar-refractivity contribution < 1.29 is 14.0 Å². The molecule has 1 N–H and O–H groups in total. The molecule has 0 bridgehead atoms. The van der Waals surface area contributed by atoms with E-state index in [-0.39, 0.29) is 24.8 Å². The molecule has 0 radical (unpaired) electrons. The van der Waals surface area contributed by atoms with Crippen molar-refractivity contribution in [3.8, 4) is 0 Å². The quantitative estimate of drug-likeness (QED) is 0.335. The number of aryl methyl sites for hydroxylation is 1. The lowest BCUT2D eigenvalue weighted by Crippen LogP contribution is -2.44. The summed E-state index contributed by atoms with van der Waals surface area (Å²) in [5.74, 6) is -0.537. The molecule has 3 amide bonds. The van der Waals surface area contributed by atoms with Crippen molar-refractivity contribution in [3.05, 3.63) is 98.9 Å². The summed E-state index contributed by atoms with van der Waals surface area (Å²) in [5, 5.41) is 4.81. The second-order valence-electron chi connectivity index (χ2n) is 7.51. The summed E-state index contributed by atoms with van der Waals surface area (Å²) in [6.45, 7) is 6.54. The number of anilines is 1. The number of hydrogen-bond acceptors (Lipinski definition) is 3. The van der Waals surface area contributed by atoms with Crippen molar-refractivity contribution >= 4 is 44.9 Å². The minimum absolute atomic E-state index is 0.114. The molecule has 0 fully saturated rings. The number of carbonyl (C=O) groups excluding carboxylic acids is 2. The van der Waals surface area contributed by atoms with Gasteiger partial charge >= 0.3 is 6.03 Å². The fourth-order valence-corrected chi connectivity index (χ4v) is 4.51. The number of carbonyl (C=O) groups is 2. The van der Waals surface area contributed by atoms with Crippen molar-refractivity contribution in [3.63, 3.8) is 0 Å². The van der Waals surface area contributed by atoms with Crippen LogP contribution in [-0.2, 0) is 17.9 Å². The predicted molar refractivity (Wildman–Crippen MR) is 135 cm³/mol. The van der Waals surface area contributed by atoms with Gasteiger partial charge in [-0.05, 0) is 59.8 Å². The molecule has 3 aromatic rings. The first kappa shape index (κ1) is 24.7. The molecule has 0 saturated carbocycles. The Kier molecular flexibility index (Phi) is 8.79. The van der Waals surface area contributed by atoms with Crippen molar-refractivity contribution in [2.45, 2.75) is 20.0 Å². The minimum Gasteiger partial charge on any atom is -0.332 e. The highest BCUT2D eigenvalue weighted by molar-refractivity contribution is 9.10. The second-order valence-corrected chi connectivity index (χ2v) is 9.43. The predicted octanol–water partition coefficient (Wildman–Crippen LogP) is 6.21. The molecule has 33 heavy (non-hydrogen) atoms. The van der Waals surface area contributed by atoms with Gasteiger partial charge in [0.25, 0.3) is 0 Å². The largest absolute Gasteiger partial charge is 0.332 e. The van der Waals surface area contributed by atoms with Gasteiger partial charge in [0.1, 0.15) is 12.4 Å². The summed E-state index contributed by atoms with van der Waals surface area (Å²) >= 11 is 4.96. The summed E-state index contributed by atoms with van der Waals surface area (Å²) in [5.41, 5.74) is 2.54. The first-order valence-corrected chi connectivity index (χ1v) is 12.0. The van der Waals surface area contributed by atoms with Crippen LogP contribution in [-0.4, -0.2) is 34.8 Å². The second kappa shape index (κ2) is 11.8. The Labute approximate surface area is 205 Å². The van der Waals surface area contributed by atoms with E-state index in [2.05, 4.69) is 27.8 Å². The van der Waals surface area contributed by atoms with E-state index in [1.165, 1.54) is 17.0 Å². The number of halogens is 2. The number of thiophene rings is 1. The van der Waals surface area contributed by atoms with E-state index < -0.39 is 6.03 Å². The maximum absolute atomic E-state index is 13.3. The van der Waals surface area contributed by atoms with Crippen molar-refractivity contribution in [2.24, 2.45) is 0 Å². The van der Waals surface area contributed by atoms with E-state index in [1.54, 1.807) is 46.6 Å². The lowest BCUT2D eigenvalue weighted by Gasteiger charge is -2.27. The standard InChI is InChI=1S/C25H25BrFN3O2S/c1-3-12-29(25(32)28-22-6-4-5-20(26)14-22)17-24(31)30(16-23-18(2)11-13-33-23)15-19-7-9-21(27)10-8-19/h3-11,13-14H,1,12,15-17H2,2H3,(H,28,32). The third kappa shape index (κ3) is 7.27. The third-order valence-electron chi connectivity index (χ3n) is 4.98. The highest BCUT2D eigenvalue weighted by Crippen LogP contribution is 2.20. The van der Waals surface area contributed by atoms with Crippen LogP contribution in [0.1, 0.15) is 16.0 Å². The lowest BCUT2D eigenvalue weighted by atomic mass is 10.2. The first-order valence-electron chi connectivity index (χ1n) is 10.3. The van der Waals surface area contributed by atoms with E-state index in [1.807, 2.05) is 30.5 Å². The monoisotopic (exact) mass is 529 g/mol. The average molecular weight is 530 g/mol. The van der Waals surface area contributed by atoms with E-state index in [4.69, 9.17) is 0 Å². The fraction of sp³-hybridized carbons (Fsp3) is 0.200. The Hall–Kier alpha value is -2.97. The number of hydrogen-bond donors (Lipinski definition) is 1. The molecule has 8 heteroatoms. The van der Waals surface area contributed by atoms with Crippen LogP contribution in [0.15, 0.2) is 77.1 Å². The molecule has 0 aliphatic carbocycles. The molecule has 172 valence electrons. The van der Waals surface area contributed by atoms with Crippen LogP contribution in [0.2, 0.25) is 0 Å². The van der Waals surface area contributed by atoms with E-state index in [0.717, 1.165) is 20.5 Å². The topological polar surface area (TPSA) is 52.7 Å². The fourth-order valence-electron chi connectivity index (χ4n) is 3.19. The van der Waals surface area contributed by atoms with Gasteiger partial charge in [0.2, 0.25) is 5.91 Å². The SMILES string of the molecule is C=CCN(CC(=O)N(Cc1ccc(F)cc1)Cc1sccc1C)C(=O)Nc1cccc(Br)c1. The van der Waals surface area contributed by atoms with Gasteiger partial charge in [0.15, 0.2) is 0 Å². The van der Waals surface area contributed by atoms with Gasteiger partial charge in [-0.2, -0.15) is 0 Å². The van der Waals surface area contributed by atoms with Crippen molar-refractivity contribution in [1.82, 2.24) is 9.80 Å². The van der Waals surface area contributed by atoms with Gasteiger partial charge in [-0.15, -0.1) is 17.9 Å². The smallest absolute Gasteiger partial charge is 0.322 e. The van der Waals surface area contributed by atoms with Crippen LogP contribution in [0, 0.1) is 12.7 Å². The van der Waals surface area contributed by atoms with Gasteiger partial charge < -0.3 is 15.1 Å². The van der Waals surface area contributed by atoms with Crippen LogP contribution in [0.4, 0.5) is 14.9 Å². The number of rotatable bonds is 9. The van der Waals surface area contributed by atoms with Crippen LogP contribution >= 0.6 is 27.3 Å². The Bertz CT molecular complexity index is 1120. The number of amides is 3. The molecular formula is C25H25BrFN3O2S. The summed E-state index contributed by atoms with van der Waals surface area (Å²) in [6.07, 6.45) is 1.58. The summed E-state index contributed by atoms with van der Waals surface area (Å²) in [7, 11) is 0. The molecule has 2 aromatic carbocycles. The van der Waals surface area contributed by atoms with Gasteiger partial charge in [-0.1, -0.05) is 40.2 Å². The number of nitrogens with one attached hydrogen (secondary N) is 1. The summed E-state index contributed by atoms with van der Waals surface area (Å²) in [4.78, 5) is 30.4. The van der Waals surface area contributed by atoms with Crippen LogP contribution < -0.4 is 5.32 Å². The van der Waals surface area contributed by atoms with Crippen molar-refractivity contribution in [2.75, 3.05) is 18.4 Å². The van der Waals surface area contributed by atoms with E-state index in [0.29, 0.717) is 18.8 Å². The molecule has 1 aromatic heterocycles. The highest BCUT2D eigenvalue weighted by Gasteiger charge is 2.22. The molecular weight excluding hydrogens is 505 g/mol. The molecule has 0 unspecified atom stereocenters. The minimum atomic E-state index is -0.393. The molecule has 0 aliphatic rings. The van der Waals surface area contributed by atoms with Gasteiger partial charge in [-0.3, -0.25) is 4.79 Å². The zero-order valence-electron chi connectivity index (χ0n) is 18.3. The normalized spacial score (nSPS) is 10.5. The van der Waals surface area contributed by atoms with Crippen molar-refractivity contribution in [1.29, 1.82) is 0 Å². The maximum atomic E-state index is 13.3. The Balaban J connectivity index is 1.76. The maximum Gasteiger partial charge on any atom is 0.322 e. The Morgan fingerprint density at radius 1 is 1.12 bits per heavy atom. The number of urea groups is 1. The molecule has 1 heterocycles. The number of benzene rings is 2. The summed E-state index contributed by atoms with van der Waals surface area (Å²) in [6, 6.07) is 14.9. The zero-order valence-corrected chi connectivity index (χ0v) is 20.7. The van der Waals surface area contributed by atoms with Crippen LogP contribution in [0.5, 0.6) is 0 Å². The lowest BCUT2D eigenvalue weighted by molar-refractivity contribution is -0.132. The van der Waals surface area contributed by atoms with E-state index >= 15 is 0 Å². The molecule has 0 atom stereocenters. The van der Waals surface area contributed by atoms with Gasteiger partial charge in [-0.25, -0.2) is 9.18 Å². The average Bonchev–Trinajstić information content (AvgIpc) is 3.18. The molecule has 0 saturated heterocycles. The highest BCUT2D eigenvalue weighted by atomic mass is 79.9.